The second kappa shape index (κ2) is 9.47. The molecule has 0 amide bonds. The van der Waals surface area contributed by atoms with Crippen molar-refractivity contribution < 1.29 is 4.39 Å². The molecule has 0 fully saturated rings. The van der Waals surface area contributed by atoms with Crippen molar-refractivity contribution in [3.63, 3.8) is 0 Å². The van der Waals surface area contributed by atoms with Gasteiger partial charge in [0.1, 0.15) is 10.8 Å². The lowest BCUT2D eigenvalue weighted by molar-refractivity contribution is 0.586. The summed E-state index contributed by atoms with van der Waals surface area (Å²) in [6, 6.07) is 15.9. The van der Waals surface area contributed by atoms with Gasteiger partial charge < -0.3 is 10.6 Å². The number of aromatic nitrogens is 4. The summed E-state index contributed by atoms with van der Waals surface area (Å²) in [6.07, 6.45) is 3.43. The number of benzene rings is 2. The van der Waals surface area contributed by atoms with Crippen LogP contribution in [0.5, 0.6) is 0 Å². The van der Waals surface area contributed by atoms with Crippen molar-refractivity contribution in [1.29, 1.82) is 0 Å². The molecule has 0 saturated heterocycles. The first-order chi connectivity index (χ1) is 15.0. The lowest BCUT2D eigenvalue weighted by Crippen LogP contribution is -2.20. The highest BCUT2D eigenvalue weighted by Gasteiger charge is 2.11. The van der Waals surface area contributed by atoms with E-state index in [0.29, 0.717) is 33.8 Å². The number of hydrogen-bond donors (Lipinski definition) is 2. The van der Waals surface area contributed by atoms with Gasteiger partial charge in [0, 0.05) is 29.0 Å². The minimum absolute atomic E-state index is 0.251. The van der Waals surface area contributed by atoms with E-state index >= 15 is 0 Å². The quantitative estimate of drug-likeness (QED) is 0.364. The van der Waals surface area contributed by atoms with Crippen molar-refractivity contribution in [2.75, 3.05) is 10.6 Å². The number of rotatable bonds is 6. The summed E-state index contributed by atoms with van der Waals surface area (Å²) < 4.78 is 17.2. The Hall–Kier alpha value is -2.94. The number of hydrogen-bond acceptors (Lipinski definition) is 3. The van der Waals surface area contributed by atoms with Gasteiger partial charge in [-0.15, -0.1) is 0 Å². The van der Waals surface area contributed by atoms with Crippen LogP contribution >= 0.6 is 35.4 Å². The molecule has 0 bridgehead atoms. The molecule has 0 saturated carbocycles. The van der Waals surface area contributed by atoms with E-state index in [-0.39, 0.29) is 17.5 Å². The first-order valence-electron chi connectivity index (χ1n) is 9.29. The topological polar surface area (TPSA) is 59.7 Å². The van der Waals surface area contributed by atoms with E-state index in [0.717, 1.165) is 5.56 Å². The smallest absolute Gasteiger partial charge is 0.177 e. The van der Waals surface area contributed by atoms with Crippen molar-refractivity contribution in [1.82, 2.24) is 19.6 Å². The molecule has 0 unspecified atom stereocenters. The lowest BCUT2D eigenvalue weighted by Gasteiger charge is -2.07. The van der Waals surface area contributed by atoms with Crippen molar-refractivity contribution in [2.24, 2.45) is 0 Å². The predicted molar refractivity (Wildman–Crippen MR) is 125 cm³/mol. The van der Waals surface area contributed by atoms with Crippen LogP contribution in [-0.2, 0) is 13.1 Å². The van der Waals surface area contributed by atoms with E-state index in [4.69, 9.17) is 35.4 Å². The normalized spacial score (nSPS) is 10.8. The van der Waals surface area contributed by atoms with Crippen LogP contribution in [0.25, 0.3) is 0 Å². The number of thiocarbonyl (C=S) groups is 1. The zero-order chi connectivity index (χ0) is 21.8. The molecule has 10 heteroatoms. The Morgan fingerprint density at radius 1 is 0.871 bits per heavy atom. The average molecular weight is 475 g/mol. The van der Waals surface area contributed by atoms with Crippen LogP contribution in [0, 0.1) is 5.82 Å². The molecule has 0 spiro atoms. The van der Waals surface area contributed by atoms with Crippen LogP contribution in [0.2, 0.25) is 10.0 Å². The summed E-state index contributed by atoms with van der Waals surface area (Å²) in [7, 11) is 0. The molecule has 2 heterocycles. The molecule has 4 rings (SSSR count). The first-order valence-corrected chi connectivity index (χ1v) is 10.5. The molecule has 0 atom stereocenters. The predicted octanol–water partition coefficient (Wildman–Crippen LogP) is 5.43. The van der Waals surface area contributed by atoms with Crippen LogP contribution < -0.4 is 10.6 Å². The standard InChI is InChI=1S/C21H17Cl2FN6S/c22-16-7-3-1-5-14(16)11-29-10-9-19(27-29)25-21(31)26-20-17(23)13-30(28-20)12-15-6-2-4-8-18(15)24/h1-10,13H,11-12H2,(H2,25,26,27,28,31). The van der Waals surface area contributed by atoms with Crippen molar-refractivity contribution in [2.45, 2.75) is 13.1 Å². The Labute approximate surface area is 193 Å². The Morgan fingerprint density at radius 2 is 1.58 bits per heavy atom. The maximum absolute atomic E-state index is 13.9. The van der Waals surface area contributed by atoms with Crippen LogP contribution in [0.4, 0.5) is 16.0 Å². The van der Waals surface area contributed by atoms with Gasteiger partial charge in [0.2, 0.25) is 0 Å². The number of anilines is 2. The maximum Gasteiger partial charge on any atom is 0.177 e. The molecule has 0 aliphatic carbocycles. The van der Waals surface area contributed by atoms with Gasteiger partial charge in [-0.25, -0.2) is 4.39 Å². The highest BCUT2D eigenvalue weighted by Crippen LogP contribution is 2.21. The van der Waals surface area contributed by atoms with Crippen LogP contribution in [-0.4, -0.2) is 24.7 Å². The van der Waals surface area contributed by atoms with Crippen molar-refractivity contribution in [3.05, 3.63) is 94.0 Å². The minimum Gasteiger partial charge on any atom is -0.316 e. The van der Waals surface area contributed by atoms with Gasteiger partial charge in [-0.3, -0.25) is 9.36 Å². The summed E-state index contributed by atoms with van der Waals surface area (Å²) in [4.78, 5) is 0. The SMILES string of the molecule is Fc1ccccc1Cn1cc(Cl)c(NC(=S)Nc2ccn(Cc3ccccc3Cl)n2)n1. The third kappa shape index (κ3) is 5.41. The van der Waals surface area contributed by atoms with Gasteiger partial charge in [-0.05, 0) is 29.9 Å². The van der Waals surface area contributed by atoms with Crippen molar-refractivity contribution in [3.8, 4) is 0 Å². The Bertz CT molecular complexity index is 1220. The van der Waals surface area contributed by atoms with E-state index in [1.165, 1.54) is 6.07 Å². The number of nitrogens with zero attached hydrogens (tertiary/aromatic N) is 4. The first kappa shape index (κ1) is 21.3. The Kier molecular flexibility index (Phi) is 6.50. The largest absolute Gasteiger partial charge is 0.316 e. The summed E-state index contributed by atoms with van der Waals surface area (Å²) in [5, 5.41) is 16.0. The van der Waals surface area contributed by atoms with E-state index in [2.05, 4.69) is 20.8 Å². The Morgan fingerprint density at radius 3 is 2.35 bits per heavy atom. The van der Waals surface area contributed by atoms with Crippen LogP contribution in [0.1, 0.15) is 11.1 Å². The van der Waals surface area contributed by atoms with E-state index in [1.807, 2.05) is 30.5 Å². The summed E-state index contributed by atoms with van der Waals surface area (Å²) in [6.45, 7) is 0.786. The molecule has 158 valence electrons. The fraction of sp³-hybridized carbons (Fsp3) is 0.0952. The average Bonchev–Trinajstić information content (AvgIpc) is 3.31. The van der Waals surface area contributed by atoms with Crippen molar-refractivity contribution >= 4 is 52.2 Å². The fourth-order valence-corrected chi connectivity index (χ4v) is 3.53. The van der Waals surface area contributed by atoms with E-state index in [9.17, 15) is 4.39 Å². The number of nitrogens with one attached hydrogen (secondary N) is 2. The zero-order valence-corrected chi connectivity index (χ0v) is 18.4. The van der Waals surface area contributed by atoms with Gasteiger partial charge >= 0.3 is 0 Å². The molecule has 6 nitrogen and oxygen atoms in total. The summed E-state index contributed by atoms with van der Waals surface area (Å²) >= 11 is 17.8. The summed E-state index contributed by atoms with van der Waals surface area (Å²) in [5.74, 6) is 0.630. The molecule has 0 aliphatic heterocycles. The van der Waals surface area contributed by atoms with Gasteiger partial charge in [0.15, 0.2) is 16.7 Å². The second-order valence-corrected chi connectivity index (χ2v) is 7.91. The van der Waals surface area contributed by atoms with Crippen LogP contribution in [0.15, 0.2) is 67.0 Å². The maximum atomic E-state index is 13.9. The van der Waals surface area contributed by atoms with Gasteiger partial charge in [0.05, 0.1) is 13.1 Å². The molecule has 2 N–H and O–H groups in total. The monoisotopic (exact) mass is 474 g/mol. The third-order valence-corrected chi connectivity index (χ3v) is 5.26. The fourth-order valence-electron chi connectivity index (χ4n) is 2.94. The molecule has 2 aromatic carbocycles. The molecular formula is C21H17Cl2FN6S. The highest BCUT2D eigenvalue weighted by molar-refractivity contribution is 7.80. The molecule has 2 aromatic heterocycles. The second-order valence-electron chi connectivity index (χ2n) is 6.68. The molecule has 31 heavy (non-hydrogen) atoms. The highest BCUT2D eigenvalue weighted by atomic mass is 35.5. The third-order valence-electron chi connectivity index (χ3n) is 4.41. The number of halogens is 3. The molecule has 4 aromatic rings. The lowest BCUT2D eigenvalue weighted by atomic mass is 10.2. The zero-order valence-electron chi connectivity index (χ0n) is 16.1. The van der Waals surface area contributed by atoms with E-state index in [1.54, 1.807) is 39.8 Å². The van der Waals surface area contributed by atoms with Crippen LogP contribution in [0.3, 0.4) is 0 Å². The van der Waals surface area contributed by atoms with Gasteiger partial charge in [-0.2, -0.15) is 10.2 Å². The van der Waals surface area contributed by atoms with E-state index < -0.39 is 0 Å². The molecular weight excluding hydrogens is 458 g/mol. The molecule has 0 aliphatic rings. The Balaban J connectivity index is 1.37. The summed E-state index contributed by atoms with van der Waals surface area (Å²) in [5.41, 5.74) is 1.48. The van der Waals surface area contributed by atoms with Gasteiger partial charge in [0.25, 0.3) is 0 Å². The minimum atomic E-state index is -0.298. The molecule has 0 radical (unpaired) electrons. The van der Waals surface area contributed by atoms with Gasteiger partial charge in [-0.1, -0.05) is 59.6 Å².